The second kappa shape index (κ2) is 3.05. The normalized spacial score (nSPS) is 9.73. The molecule has 1 aromatic rings. The van der Waals surface area contributed by atoms with Crippen molar-refractivity contribution in [3.05, 3.63) is 40.7 Å². The van der Waals surface area contributed by atoms with Gasteiger partial charge in [0.15, 0.2) is 0 Å². The predicted octanol–water partition coefficient (Wildman–Crippen LogP) is 3.43. The predicted molar refractivity (Wildman–Crippen MR) is 46.2 cm³/mol. The Hall–Kier alpha value is -0.820. The summed E-state index contributed by atoms with van der Waals surface area (Å²) in [7, 11) is 0. The van der Waals surface area contributed by atoms with Crippen LogP contribution in [0.15, 0.2) is 18.7 Å². The van der Waals surface area contributed by atoms with E-state index in [1.165, 1.54) is 12.1 Å². The molecule has 58 valence electrons. The molecule has 0 amide bonds. The number of hydrogen-bond acceptors (Lipinski definition) is 0. The van der Waals surface area contributed by atoms with Gasteiger partial charge in [0.2, 0.25) is 0 Å². The first-order chi connectivity index (χ1) is 5.15. The molecule has 0 atom stereocenters. The summed E-state index contributed by atoms with van der Waals surface area (Å²) in [5, 5.41) is 0.414. The lowest BCUT2D eigenvalue weighted by atomic mass is 10.1. The van der Waals surface area contributed by atoms with E-state index < -0.39 is 0 Å². The van der Waals surface area contributed by atoms with Crippen LogP contribution in [0.1, 0.15) is 11.1 Å². The first-order valence-corrected chi connectivity index (χ1v) is 3.61. The summed E-state index contributed by atoms with van der Waals surface area (Å²) in [5.74, 6) is -0.315. The van der Waals surface area contributed by atoms with Crippen molar-refractivity contribution in [2.24, 2.45) is 0 Å². The molecule has 0 aromatic heterocycles. The molecule has 0 nitrogen and oxygen atoms in total. The number of hydrogen-bond donors (Lipinski definition) is 0. The summed E-state index contributed by atoms with van der Waals surface area (Å²) in [5.41, 5.74) is 1.19. The van der Waals surface area contributed by atoms with Crippen molar-refractivity contribution < 1.29 is 4.39 Å². The Morgan fingerprint density at radius 3 is 2.64 bits per heavy atom. The van der Waals surface area contributed by atoms with E-state index >= 15 is 0 Å². The summed E-state index contributed by atoms with van der Waals surface area (Å²) in [6, 6.07) is 3.14. The standard InChI is InChI=1S/C9H8ClF/c1-3-7-8(10)4-6(2)5-9(7)11/h3-5H,1H2,2H3. The number of aryl methyl sites for hydroxylation is 1. The Morgan fingerprint density at radius 2 is 2.18 bits per heavy atom. The third-order valence-corrected chi connectivity index (χ3v) is 1.74. The van der Waals surface area contributed by atoms with E-state index in [2.05, 4.69) is 6.58 Å². The molecule has 0 bridgehead atoms. The number of halogens is 2. The van der Waals surface area contributed by atoms with Crippen LogP contribution in [0.3, 0.4) is 0 Å². The molecule has 1 rings (SSSR count). The molecule has 0 heterocycles. The van der Waals surface area contributed by atoms with Gasteiger partial charge in [-0.2, -0.15) is 0 Å². The highest BCUT2D eigenvalue weighted by Gasteiger charge is 2.03. The lowest BCUT2D eigenvalue weighted by Crippen LogP contribution is -1.84. The van der Waals surface area contributed by atoms with E-state index in [0.717, 1.165) is 5.56 Å². The maximum atomic E-state index is 13.0. The highest BCUT2D eigenvalue weighted by Crippen LogP contribution is 2.21. The molecule has 0 radical (unpaired) electrons. The van der Waals surface area contributed by atoms with Gasteiger partial charge in [0, 0.05) is 5.56 Å². The SMILES string of the molecule is C=Cc1c(F)cc(C)cc1Cl. The van der Waals surface area contributed by atoms with Gasteiger partial charge < -0.3 is 0 Å². The van der Waals surface area contributed by atoms with E-state index in [9.17, 15) is 4.39 Å². The monoisotopic (exact) mass is 170 g/mol. The molecule has 0 saturated heterocycles. The molecule has 0 unspecified atom stereocenters. The van der Waals surface area contributed by atoms with Gasteiger partial charge in [-0.05, 0) is 24.6 Å². The van der Waals surface area contributed by atoms with E-state index in [1.807, 2.05) is 0 Å². The van der Waals surface area contributed by atoms with Gasteiger partial charge in [-0.3, -0.25) is 0 Å². The summed E-state index contributed by atoms with van der Waals surface area (Å²) < 4.78 is 13.0. The van der Waals surface area contributed by atoms with E-state index in [4.69, 9.17) is 11.6 Å². The Balaban J connectivity index is 3.36. The van der Waals surface area contributed by atoms with Gasteiger partial charge >= 0.3 is 0 Å². The van der Waals surface area contributed by atoms with Gasteiger partial charge in [0.05, 0.1) is 5.02 Å². The Bertz CT molecular complexity index is 269. The van der Waals surface area contributed by atoms with Crippen molar-refractivity contribution in [3.63, 3.8) is 0 Å². The van der Waals surface area contributed by atoms with Crippen LogP contribution in [-0.2, 0) is 0 Å². The third-order valence-electron chi connectivity index (χ3n) is 1.43. The van der Waals surface area contributed by atoms with Crippen LogP contribution in [0, 0.1) is 12.7 Å². The van der Waals surface area contributed by atoms with Crippen LogP contribution in [0.4, 0.5) is 4.39 Å². The van der Waals surface area contributed by atoms with Crippen LogP contribution in [0.5, 0.6) is 0 Å². The highest BCUT2D eigenvalue weighted by atomic mass is 35.5. The fourth-order valence-electron chi connectivity index (χ4n) is 0.906. The first kappa shape index (κ1) is 8.28. The summed E-state index contributed by atoms with van der Waals surface area (Å²) in [6.45, 7) is 5.25. The van der Waals surface area contributed by atoms with Gasteiger partial charge in [-0.25, -0.2) is 4.39 Å². The summed E-state index contributed by atoms with van der Waals surface area (Å²) in [6.07, 6.45) is 1.41. The molecule has 0 N–H and O–H groups in total. The van der Waals surface area contributed by atoms with Gasteiger partial charge in [-0.1, -0.05) is 24.3 Å². The molecule has 11 heavy (non-hydrogen) atoms. The second-order valence-electron chi connectivity index (χ2n) is 2.35. The van der Waals surface area contributed by atoms with E-state index in [-0.39, 0.29) is 5.82 Å². The number of rotatable bonds is 1. The van der Waals surface area contributed by atoms with Crippen LogP contribution < -0.4 is 0 Å². The molecule has 2 heteroatoms. The van der Waals surface area contributed by atoms with E-state index in [0.29, 0.717) is 10.6 Å². The number of benzene rings is 1. The maximum Gasteiger partial charge on any atom is 0.132 e. The Kier molecular flexibility index (Phi) is 2.30. The molecular weight excluding hydrogens is 163 g/mol. The van der Waals surface area contributed by atoms with Crippen molar-refractivity contribution in [1.82, 2.24) is 0 Å². The topological polar surface area (TPSA) is 0 Å². The lowest BCUT2D eigenvalue weighted by Gasteiger charge is -2.00. The zero-order chi connectivity index (χ0) is 8.43. The van der Waals surface area contributed by atoms with Gasteiger partial charge in [0.25, 0.3) is 0 Å². The van der Waals surface area contributed by atoms with Crippen molar-refractivity contribution in [2.45, 2.75) is 6.92 Å². The Morgan fingerprint density at radius 1 is 1.55 bits per heavy atom. The first-order valence-electron chi connectivity index (χ1n) is 3.23. The molecule has 0 aliphatic carbocycles. The minimum Gasteiger partial charge on any atom is -0.206 e. The summed E-state index contributed by atoms with van der Waals surface area (Å²) >= 11 is 5.72. The Labute approximate surface area is 70.3 Å². The van der Waals surface area contributed by atoms with Gasteiger partial charge in [0.1, 0.15) is 5.82 Å². The lowest BCUT2D eigenvalue weighted by molar-refractivity contribution is 0.624. The smallest absolute Gasteiger partial charge is 0.132 e. The molecule has 0 aliphatic rings. The van der Waals surface area contributed by atoms with Crippen molar-refractivity contribution in [3.8, 4) is 0 Å². The molecule has 0 fully saturated rings. The molecular formula is C9H8ClF. The fourth-order valence-corrected chi connectivity index (χ4v) is 1.25. The molecule has 0 aliphatic heterocycles. The van der Waals surface area contributed by atoms with Crippen molar-refractivity contribution in [2.75, 3.05) is 0 Å². The van der Waals surface area contributed by atoms with Crippen LogP contribution in [0.25, 0.3) is 6.08 Å². The third kappa shape index (κ3) is 1.60. The minimum absolute atomic E-state index is 0.315. The van der Waals surface area contributed by atoms with Crippen molar-refractivity contribution in [1.29, 1.82) is 0 Å². The zero-order valence-corrected chi connectivity index (χ0v) is 6.95. The highest BCUT2D eigenvalue weighted by molar-refractivity contribution is 6.32. The van der Waals surface area contributed by atoms with Crippen LogP contribution >= 0.6 is 11.6 Å². The molecule has 0 saturated carbocycles. The molecule has 0 spiro atoms. The zero-order valence-electron chi connectivity index (χ0n) is 6.20. The summed E-state index contributed by atoms with van der Waals surface area (Å²) in [4.78, 5) is 0. The average Bonchev–Trinajstić information content (AvgIpc) is 1.85. The van der Waals surface area contributed by atoms with Gasteiger partial charge in [-0.15, -0.1) is 0 Å². The largest absolute Gasteiger partial charge is 0.206 e. The average molecular weight is 171 g/mol. The molecule has 1 aromatic carbocycles. The quantitative estimate of drug-likeness (QED) is 0.606. The van der Waals surface area contributed by atoms with Crippen LogP contribution in [-0.4, -0.2) is 0 Å². The second-order valence-corrected chi connectivity index (χ2v) is 2.75. The van der Waals surface area contributed by atoms with Crippen molar-refractivity contribution >= 4 is 17.7 Å². The van der Waals surface area contributed by atoms with E-state index in [1.54, 1.807) is 13.0 Å². The minimum atomic E-state index is -0.315. The fraction of sp³-hybridized carbons (Fsp3) is 0.111. The maximum absolute atomic E-state index is 13.0. The van der Waals surface area contributed by atoms with Crippen LogP contribution in [0.2, 0.25) is 5.02 Å².